The average Bonchev–Trinajstić information content (AvgIpc) is 2.47. The zero-order valence-electron chi connectivity index (χ0n) is 11.3. The van der Waals surface area contributed by atoms with Crippen molar-refractivity contribution in [2.24, 2.45) is 0 Å². The lowest BCUT2D eigenvalue weighted by atomic mass is 10.0. The van der Waals surface area contributed by atoms with Gasteiger partial charge in [-0.15, -0.1) is 0 Å². The van der Waals surface area contributed by atoms with Crippen molar-refractivity contribution in [2.45, 2.75) is 6.92 Å². The monoisotopic (exact) mass is 281 g/mol. The van der Waals surface area contributed by atoms with E-state index >= 15 is 0 Å². The number of hydrogen-bond acceptors (Lipinski definition) is 3. The Kier molecular flexibility index (Phi) is 4.47. The van der Waals surface area contributed by atoms with Crippen molar-refractivity contribution >= 4 is 17.6 Å². The van der Waals surface area contributed by atoms with Crippen molar-refractivity contribution < 1.29 is 13.9 Å². The van der Waals surface area contributed by atoms with Gasteiger partial charge < -0.3 is 4.74 Å². The fraction of sp³-hybridized carbons (Fsp3) is 0.0588. The molecule has 104 valence electrons. The van der Waals surface area contributed by atoms with Gasteiger partial charge >= 0.3 is 5.97 Å². The van der Waals surface area contributed by atoms with Gasteiger partial charge in [-0.2, -0.15) is 5.26 Å². The summed E-state index contributed by atoms with van der Waals surface area (Å²) in [6.45, 7) is 1.32. The number of esters is 1. The number of nitrogens with zero attached hydrogens (tertiary/aromatic N) is 1. The smallest absolute Gasteiger partial charge is 0.308 e. The van der Waals surface area contributed by atoms with Crippen molar-refractivity contribution in [3.63, 3.8) is 0 Å². The fourth-order valence-corrected chi connectivity index (χ4v) is 1.81. The summed E-state index contributed by atoms with van der Waals surface area (Å²) in [6.07, 6.45) is 1.58. The Morgan fingerprint density at radius 1 is 1.19 bits per heavy atom. The molecule has 0 heterocycles. The highest BCUT2D eigenvalue weighted by Gasteiger charge is 2.06. The largest absolute Gasteiger partial charge is 0.427 e. The van der Waals surface area contributed by atoms with Gasteiger partial charge in [0, 0.05) is 12.5 Å². The Morgan fingerprint density at radius 3 is 2.43 bits per heavy atom. The first kappa shape index (κ1) is 14.5. The zero-order valence-corrected chi connectivity index (χ0v) is 11.3. The molecule has 2 rings (SSSR count). The molecule has 0 bridgehead atoms. The van der Waals surface area contributed by atoms with E-state index in [0.717, 1.165) is 0 Å². The fourth-order valence-electron chi connectivity index (χ4n) is 1.81. The molecule has 0 saturated carbocycles. The topological polar surface area (TPSA) is 50.1 Å². The predicted octanol–water partition coefficient (Wildman–Crippen LogP) is 3.82. The Balaban J connectivity index is 2.31. The lowest BCUT2D eigenvalue weighted by Crippen LogP contribution is -2.00. The number of ether oxygens (including phenoxy) is 1. The molecule has 0 aromatic heterocycles. The molecule has 4 heteroatoms. The molecule has 0 atom stereocenters. The molecular weight excluding hydrogens is 269 g/mol. The second-order valence-electron chi connectivity index (χ2n) is 4.31. The summed E-state index contributed by atoms with van der Waals surface area (Å²) in [5.41, 5.74) is 1.20. The molecule has 2 aromatic carbocycles. The lowest BCUT2D eigenvalue weighted by molar-refractivity contribution is -0.131. The van der Waals surface area contributed by atoms with Crippen LogP contribution in [-0.2, 0) is 4.79 Å². The van der Waals surface area contributed by atoms with E-state index in [1.807, 2.05) is 6.07 Å². The van der Waals surface area contributed by atoms with Crippen LogP contribution in [0.3, 0.4) is 0 Å². The lowest BCUT2D eigenvalue weighted by Gasteiger charge is -2.03. The number of carbonyl (C=O) groups is 1. The highest BCUT2D eigenvalue weighted by molar-refractivity contribution is 5.89. The summed E-state index contributed by atoms with van der Waals surface area (Å²) >= 11 is 0. The third-order valence-electron chi connectivity index (χ3n) is 2.74. The molecule has 0 radical (unpaired) electrons. The standard InChI is InChI=1S/C17H12FNO2/c1-12(20)21-15-8-6-13(7-9-15)10-14(11-19)16-4-2-3-5-17(16)18/h2-10H,1H3/b14-10-. The van der Waals surface area contributed by atoms with E-state index in [1.165, 1.54) is 13.0 Å². The highest BCUT2D eigenvalue weighted by Crippen LogP contribution is 2.21. The van der Waals surface area contributed by atoms with E-state index in [2.05, 4.69) is 0 Å². The molecule has 0 unspecified atom stereocenters. The maximum atomic E-state index is 13.7. The number of carbonyl (C=O) groups excluding carboxylic acids is 1. The SMILES string of the molecule is CC(=O)Oc1ccc(/C=C(/C#N)c2ccccc2F)cc1. The highest BCUT2D eigenvalue weighted by atomic mass is 19.1. The number of allylic oxidation sites excluding steroid dienone is 1. The maximum absolute atomic E-state index is 13.7. The number of hydrogen-bond donors (Lipinski definition) is 0. The van der Waals surface area contributed by atoms with Crippen molar-refractivity contribution in [2.75, 3.05) is 0 Å². The maximum Gasteiger partial charge on any atom is 0.308 e. The molecule has 21 heavy (non-hydrogen) atoms. The minimum absolute atomic E-state index is 0.230. The summed E-state index contributed by atoms with van der Waals surface area (Å²) in [6, 6.07) is 14.7. The van der Waals surface area contributed by atoms with Crippen LogP contribution in [-0.4, -0.2) is 5.97 Å². The Bertz CT molecular complexity index is 727. The second-order valence-corrected chi connectivity index (χ2v) is 4.31. The minimum atomic E-state index is -0.443. The van der Waals surface area contributed by atoms with Crippen LogP contribution in [0.25, 0.3) is 11.6 Å². The van der Waals surface area contributed by atoms with Crippen LogP contribution in [0.5, 0.6) is 5.75 Å². The molecule has 3 nitrogen and oxygen atoms in total. The van der Waals surface area contributed by atoms with E-state index in [1.54, 1.807) is 48.5 Å². The number of nitriles is 1. The molecule has 0 amide bonds. The summed E-state index contributed by atoms with van der Waals surface area (Å²) < 4.78 is 18.6. The van der Waals surface area contributed by atoms with Crippen LogP contribution in [0.15, 0.2) is 48.5 Å². The van der Waals surface area contributed by atoms with Gasteiger partial charge in [-0.1, -0.05) is 30.3 Å². The molecule has 0 aliphatic rings. The van der Waals surface area contributed by atoms with E-state index < -0.39 is 11.8 Å². The van der Waals surface area contributed by atoms with Crippen LogP contribution in [0.2, 0.25) is 0 Å². The van der Waals surface area contributed by atoms with Crippen LogP contribution in [0.4, 0.5) is 4.39 Å². The third kappa shape index (κ3) is 3.77. The number of halogens is 1. The van der Waals surface area contributed by atoms with E-state index in [0.29, 0.717) is 11.3 Å². The van der Waals surface area contributed by atoms with Crippen LogP contribution < -0.4 is 4.74 Å². The van der Waals surface area contributed by atoms with Gasteiger partial charge in [-0.05, 0) is 29.8 Å². The minimum Gasteiger partial charge on any atom is -0.427 e. The summed E-state index contributed by atoms with van der Waals surface area (Å²) in [7, 11) is 0. The van der Waals surface area contributed by atoms with Gasteiger partial charge in [-0.25, -0.2) is 4.39 Å². The third-order valence-corrected chi connectivity index (χ3v) is 2.74. The van der Waals surface area contributed by atoms with Crippen LogP contribution in [0.1, 0.15) is 18.1 Å². The van der Waals surface area contributed by atoms with Gasteiger partial charge in [0.25, 0.3) is 0 Å². The van der Waals surface area contributed by atoms with Gasteiger partial charge in [0.1, 0.15) is 11.6 Å². The summed E-state index contributed by atoms with van der Waals surface area (Å²) in [5.74, 6) is -0.423. The summed E-state index contributed by atoms with van der Waals surface area (Å²) in [5, 5.41) is 9.18. The first-order chi connectivity index (χ1) is 10.1. The van der Waals surface area contributed by atoms with Gasteiger partial charge in [0.2, 0.25) is 0 Å². The first-order valence-corrected chi connectivity index (χ1v) is 6.25. The molecule has 2 aromatic rings. The van der Waals surface area contributed by atoms with Gasteiger partial charge in [-0.3, -0.25) is 4.79 Å². The molecule has 0 saturated heterocycles. The summed E-state index contributed by atoms with van der Waals surface area (Å²) in [4.78, 5) is 10.8. The Hall–Kier alpha value is -2.93. The van der Waals surface area contributed by atoms with Gasteiger partial charge in [0.15, 0.2) is 0 Å². The average molecular weight is 281 g/mol. The Labute approximate surface area is 121 Å². The van der Waals surface area contributed by atoms with Gasteiger partial charge in [0.05, 0.1) is 11.6 Å². The molecule has 0 fully saturated rings. The van der Waals surface area contributed by atoms with Crippen LogP contribution >= 0.6 is 0 Å². The van der Waals surface area contributed by atoms with E-state index in [-0.39, 0.29) is 11.1 Å². The first-order valence-electron chi connectivity index (χ1n) is 6.25. The normalized spacial score (nSPS) is 10.8. The number of rotatable bonds is 3. The molecule has 0 aliphatic carbocycles. The molecular formula is C17H12FNO2. The zero-order chi connectivity index (χ0) is 15.2. The van der Waals surface area contributed by atoms with E-state index in [9.17, 15) is 14.4 Å². The van der Waals surface area contributed by atoms with Crippen molar-refractivity contribution in [1.82, 2.24) is 0 Å². The quantitative estimate of drug-likeness (QED) is 0.372. The van der Waals surface area contributed by atoms with Crippen molar-refractivity contribution in [1.29, 1.82) is 5.26 Å². The number of benzene rings is 2. The molecule has 0 spiro atoms. The molecule has 0 aliphatic heterocycles. The van der Waals surface area contributed by atoms with Crippen LogP contribution in [0, 0.1) is 17.1 Å². The van der Waals surface area contributed by atoms with Crippen molar-refractivity contribution in [3.05, 3.63) is 65.5 Å². The second kappa shape index (κ2) is 6.49. The predicted molar refractivity (Wildman–Crippen MR) is 77.6 cm³/mol. The molecule has 0 N–H and O–H groups in total. The van der Waals surface area contributed by atoms with Crippen molar-refractivity contribution in [3.8, 4) is 11.8 Å². The Morgan fingerprint density at radius 2 is 1.86 bits per heavy atom. The van der Waals surface area contributed by atoms with E-state index in [4.69, 9.17) is 4.74 Å².